The molecule has 3 aliphatic rings. The Morgan fingerprint density at radius 1 is 0.921 bits per heavy atom. The summed E-state index contributed by atoms with van der Waals surface area (Å²) in [5, 5.41) is 23.3. The van der Waals surface area contributed by atoms with Gasteiger partial charge in [0.1, 0.15) is 49.6 Å². The van der Waals surface area contributed by atoms with Crippen molar-refractivity contribution in [3.63, 3.8) is 0 Å². The number of rotatable bonds is 22. The number of hydrogen-bond donors (Lipinski definition) is 6. The number of imidazole rings is 1. The lowest BCUT2D eigenvalue weighted by molar-refractivity contribution is -0.140. The molecular formula is C53H59ClF3N9O10. The van der Waals surface area contributed by atoms with E-state index in [4.69, 9.17) is 44.8 Å². The van der Waals surface area contributed by atoms with Gasteiger partial charge in [-0.05, 0) is 106 Å². The monoisotopic (exact) mass is 1070 g/mol. The van der Waals surface area contributed by atoms with Gasteiger partial charge in [-0.3, -0.25) is 9.59 Å². The van der Waals surface area contributed by atoms with Crippen LogP contribution in [0.4, 0.5) is 24.5 Å². The van der Waals surface area contributed by atoms with E-state index in [1.807, 2.05) is 18.2 Å². The maximum atomic E-state index is 13.8. The molecule has 3 aliphatic heterocycles. The van der Waals surface area contributed by atoms with Crippen molar-refractivity contribution >= 4 is 56.9 Å². The van der Waals surface area contributed by atoms with Gasteiger partial charge >= 0.3 is 6.18 Å². The van der Waals surface area contributed by atoms with Crippen LogP contribution in [0.2, 0.25) is 5.02 Å². The number of aliphatic hydroxyl groups excluding tert-OH is 1. The number of nitrogens with zero attached hydrogens (tertiary/aromatic N) is 4. The highest BCUT2D eigenvalue weighted by molar-refractivity contribution is 6.33. The van der Waals surface area contributed by atoms with E-state index in [1.165, 1.54) is 11.7 Å². The Labute approximate surface area is 441 Å². The van der Waals surface area contributed by atoms with Crippen LogP contribution in [0.15, 0.2) is 72.8 Å². The summed E-state index contributed by atoms with van der Waals surface area (Å²) < 4.78 is 82.1. The second-order valence-electron chi connectivity index (χ2n) is 18.5. The van der Waals surface area contributed by atoms with Gasteiger partial charge in [-0.15, -0.1) is 0 Å². The third-order valence-electron chi connectivity index (χ3n) is 13.0. The van der Waals surface area contributed by atoms with Crippen LogP contribution in [0, 0.1) is 11.8 Å². The number of aromatic nitrogens is 4. The standard InChI is InChI=1S/C53H59ClF3N9O10/c1-65-19-14-34(15-20-65)61-39-6-3-7-42-37(39)26-35(66(42)31-53(55,56)57)5-4-16-58-40-13-10-33(25-44(40)70-2)51(69)60-17-21-71-23-24-72-30-46(68)59-18-22-73-36-11-8-32(9-12-36)47-38(54)27-41-50(63-47)64-52(62-41)76-45-29-75-48-43(67)28-74-49(45)48/h3,6-13,25-27,34,43,45,48-49,58,61,67H,14-24,28-31H2,1-2H3,(H,59,68)(H,60,69)(H,62,63,64)/t43-,45-,48-,49-/m1/s1. The summed E-state index contributed by atoms with van der Waals surface area (Å²) in [5.74, 6) is 6.18. The maximum absolute atomic E-state index is 13.8. The molecule has 19 nitrogen and oxygen atoms in total. The molecule has 9 rings (SSSR count). The number of hydrogen-bond acceptors (Lipinski definition) is 15. The normalized spacial score (nSPS) is 18.8. The fourth-order valence-electron chi connectivity index (χ4n) is 9.17. The average molecular weight is 1070 g/mol. The number of fused-ring (bicyclic) bond motifs is 3. The largest absolute Gasteiger partial charge is 0.495 e. The fraction of sp³-hybridized carbons (Fsp3) is 0.434. The summed E-state index contributed by atoms with van der Waals surface area (Å²) >= 11 is 6.60. The summed E-state index contributed by atoms with van der Waals surface area (Å²) in [4.78, 5) is 39.7. The molecule has 3 aromatic heterocycles. The molecule has 76 heavy (non-hydrogen) atoms. The van der Waals surface area contributed by atoms with Crippen molar-refractivity contribution in [3.05, 3.63) is 89.1 Å². The van der Waals surface area contributed by atoms with Gasteiger partial charge < -0.3 is 74.0 Å². The number of carbonyl (C=O) groups is 2. The van der Waals surface area contributed by atoms with Gasteiger partial charge in [0.15, 0.2) is 11.8 Å². The van der Waals surface area contributed by atoms with Crippen molar-refractivity contribution in [2.24, 2.45) is 0 Å². The molecule has 3 aromatic carbocycles. The number of pyridine rings is 1. The number of piperidine rings is 1. The zero-order valence-corrected chi connectivity index (χ0v) is 42.6. The van der Waals surface area contributed by atoms with Gasteiger partial charge in [0.05, 0.1) is 86.4 Å². The molecule has 3 fully saturated rings. The molecule has 4 atom stereocenters. The van der Waals surface area contributed by atoms with E-state index < -0.39 is 31.0 Å². The number of likely N-dealkylation sites (tertiary alicyclic amines) is 1. The molecule has 0 saturated carbocycles. The molecule has 0 spiro atoms. The van der Waals surface area contributed by atoms with Crippen LogP contribution in [-0.4, -0.2) is 171 Å². The highest BCUT2D eigenvalue weighted by Crippen LogP contribution is 2.34. The van der Waals surface area contributed by atoms with E-state index in [9.17, 15) is 27.9 Å². The molecular weight excluding hydrogens is 1020 g/mol. The van der Waals surface area contributed by atoms with Crippen LogP contribution in [0.5, 0.6) is 17.5 Å². The average Bonchev–Trinajstić information content (AvgIpc) is 4.23. The predicted octanol–water partition coefficient (Wildman–Crippen LogP) is 5.64. The number of benzene rings is 3. The van der Waals surface area contributed by atoms with Crippen molar-refractivity contribution < 1.29 is 61.0 Å². The number of carbonyl (C=O) groups excluding carboxylic acids is 2. The van der Waals surface area contributed by atoms with Crippen LogP contribution in [0.25, 0.3) is 33.3 Å². The number of aromatic amines is 1. The number of halogens is 4. The Bertz CT molecular complexity index is 3030. The number of aliphatic hydroxyl groups is 1. The van der Waals surface area contributed by atoms with E-state index in [-0.39, 0.29) is 102 Å². The number of nitrogens with one attached hydrogen (secondary N) is 5. The zero-order chi connectivity index (χ0) is 53.2. The van der Waals surface area contributed by atoms with Crippen LogP contribution in [-0.2, 0) is 30.3 Å². The molecule has 23 heteroatoms. The minimum Gasteiger partial charge on any atom is -0.495 e. The lowest BCUT2D eigenvalue weighted by atomic mass is 10.0. The van der Waals surface area contributed by atoms with Crippen molar-refractivity contribution in [3.8, 4) is 40.6 Å². The Kier molecular flexibility index (Phi) is 17.7. The third kappa shape index (κ3) is 13.8. The lowest BCUT2D eigenvalue weighted by Gasteiger charge is -2.30. The number of H-pyrrole nitrogens is 1. The van der Waals surface area contributed by atoms with Gasteiger partial charge in [-0.1, -0.05) is 23.6 Å². The molecule has 0 aliphatic carbocycles. The minimum atomic E-state index is -4.45. The molecule has 0 radical (unpaired) electrons. The third-order valence-corrected chi connectivity index (χ3v) is 13.3. The summed E-state index contributed by atoms with van der Waals surface area (Å²) in [6, 6.07) is 21.3. The van der Waals surface area contributed by atoms with Crippen molar-refractivity contribution in [1.29, 1.82) is 0 Å². The molecule has 6 heterocycles. The number of anilines is 2. The topological polar surface area (TPSA) is 217 Å². The minimum absolute atomic E-state index is 0.0976. The number of alkyl halides is 3. The summed E-state index contributed by atoms with van der Waals surface area (Å²) in [7, 11) is 3.54. The predicted molar refractivity (Wildman–Crippen MR) is 277 cm³/mol. The maximum Gasteiger partial charge on any atom is 0.406 e. The second-order valence-corrected chi connectivity index (χ2v) is 18.9. The smallest absolute Gasteiger partial charge is 0.406 e. The van der Waals surface area contributed by atoms with Crippen LogP contribution < -0.4 is 35.5 Å². The van der Waals surface area contributed by atoms with E-state index in [1.54, 1.807) is 54.6 Å². The Morgan fingerprint density at radius 2 is 1.71 bits per heavy atom. The van der Waals surface area contributed by atoms with E-state index in [2.05, 4.69) is 60.0 Å². The molecule has 6 aromatic rings. The lowest BCUT2D eigenvalue weighted by Crippen LogP contribution is -2.36. The molecule has 404 valence electrons. The first-order chi connectivity index (χ1) is 36.8. The first kappa shape index (κ1) is 54.0. The fourth-order valence-corrected chi connectivity index (χ4v) is 9.43. The first-order valence-electron chi connectivity index (χ1n) is 24.9. The van der Waals surface area contributed by atoms with Crippen molar-refractivity contribution in [2.75, 3.05) is 104 Å². The molecule has 0 unspecified atom stereocenters. The Hall–Kier alpha value is -6.84. The highest BCUT2D eigenvalue weighted by atomic mass is 35.5. The molecule has 3 saturated heterocycles. The van der Waals surface area contributed by atoms with Crippen molar-refractivity contribution in [2.45, 2.75) is 56.0 Å². The number of ether oxygens (including phenoxy) is 7. The Balaban J connectivity index is 0.642. The van der Waals surface area contributed by atoms with Crippen molar-refractivity contribution in [1.82, 2.24) is 35.1 Å². The summed E-state index contributed by atoms with van der Waals surface area (Å²) in [6.07, 6.45) is -4.48. The Morgan fingerprint density at radius 3 is 2.51 bits per heavy atom. The van der Waals surface area contributed by atoms with Gasteiger partial charge in [0, 0.05) is 34.8 Å². The summed E-state index contributed by atoms with van der Waals surface area (Å²) in [6.45, 7) is 2.35. The molecule has 6 N–H and O–H groups in total. The van der Waals surface area contributed by atoms with Crippen LogP contribution >= 0.6 is 11.6 Å². The zero-order valence-electron chi connectivity index (χ0n) is 41.8. The highest BCUT2D eigenvalue weighted by Gasteiger charge is 2.48. The second kappa shape index (κ2) is 24.9. The van der Waals surface area contributed by atoms with E-state index in [0.29, 0.717) is 55.5 Å². The number of amides is 2. The number of methoxy groups -OCH3 is 1. The van der Waals surface area contributed by atoms with Crippen LogP contribution in [0.3, 0.4) is 0 Å². The first-order valence-corrected chi connectivity index (χ1v) is 25.3. The van der Waals surface area contributed by atoms with Gasteiger partial charge in [-0.25, -0.2) is 4.98 Å². The molecule has 0 bridgehead atoms. The van der Waals surface area contributed by atoms with E-state index >= 15 is 0 Å². The van der Waals surface area contributed by atoms with E-state index in [0.717, 1.165) is 37.2 Å². The summed E-state index contributed by atoms with van der Waals surface area (Å²) in [5.41, 5.74) is 4.65. The SMILES string of the molecule is COc1cc(C(=O)NCCOCCOCC(=O)NCCOc2ccc(-c3nc4nc(O[C@@H]5CO[C@H]6[C@@H]5OC[C@H]6O)[nH]c4cc3Cl)cc2)ccc1NCC#Cc1cc2c(NC3CCN(C)CC3)cccc2n1CC(F)(F)F. The quantitative estimate of drug-likeness (QED) is 0.0359. The van der Waals surface area contributed by atoms with Crippen LogP contribution in [0.1, 0.15) is 28.9 Å². The van der Waals surface area contributed by atoms with Gasteiger partial charge in [-0.2, -0.15) is 18.2 Å². The molecule has 2 amide bonds. The van der Waals surface area contributed by atoms with Gasteiger partial charge in [0.25, 0.3) is 11.9 Å². The van der Waals surface area contributed by atoms with Gasteiger partial charge in [0.2, 0.25) is 5.91 Å².